The molecule has 0 bridgehead atoms. The molecule has 0 aliphatic carbocycles. The number of aryl methyl sites for hydroxylation is 1. The van der Waals surface area contributed by atoms with E-state index in [1.54, 1.807) is 0 Å². The molecule has 0 saturated heterocycles. The first-order valence-electron chi connectivity index (χ1n) is 6.76. The lowest BCUT2D eigenvalue weighted by Gasteiger charge is -2.20. The maximum atomic E-state index is 11.2. The summed E-state index contributed by atoms with van der Waals surface area (Å²) in [6.07, 6.45) is -0.233. The second kappa shape index (κ2) is 9.34. The number of hydrogen-bond donors (Lipinski definition) is 6. The number of hydrogen-bond acceptors (Lipinski definition) is 7. The van der Waals surface area contributed by atoms with E-state index in [1.807, 2.05) is 0 Å². The summed E-state index contributed by atoms with van der Waals surface area (Å²) in [6.45, 7) is 0. The highest BCUT2D eigenvalue weighted by atomic mass is 32.1. The van der Waals surface area contributed by atoms with Gasteiger partial charge in [-0.25, -0.2) is 14.7 Å². The molecule has 12 nitrogen and oxygen atoms in total. The van der Waals surface area contributed by atoms with Gasteiger partial charge in [0.1, 0.15) is 17.9 Å². The van der Waals surface area contributed by atoms with Crippen LogP contribution in [0.25, 0.3) is 0 Å². The number of tetrazole rings is 1. The predicted octanol–water partition coefficient (Wildman–Crippen LogP) is -1.63. The van der Waals surface area contributed by atoms with Gasteiger partial charge in [-0.05, 0) is 35.5 Å². The quantitative estimate of drug-likeness (QED) is 0.261. The van der Waals surface area contributed by atoms with Crippen LogP contribution in [0.3, 0.4) is 0 Å². The molecule has 1 heterocycles. The van der Waals surface area contributed by atoms with Crippen LogP contribution in [-0.2, 0) is 20.8 Å². The van der Waals surface area contributed by atoms with Crippen LogP contribution in [0.1, 0.15) is 25.1 Å². The molecule has 6 N–H and O–H groups in total. The number of aromatic amines is 1. The van der Waals surface area contributed by atoms with Crippen LogP contribution in [0, 0.1) is 0 Å². The van der Waals surface area contributed by atoms with Crippen LogP contribution < -0.4 is 10.6 Å². The monoisotopic (exact) mass is 360 g/mol. The first-order chi connectivity index (χ1) is 11.3. The number of nitrogens with one attached hydrogen (secondary N) is 3. The fourth-order valence-corrected chi connectivity index (χ4v) is 1.99. The smallest absolute Gasteiger partial charge is 0.326 e. The highest BCUT2D eigenvalue weighted by Crippen LogP contribution is 2.01. The minimum absolute atomic E-state index is 0.0981. The van der Waals surface area contributed by atoms with Gasteiger partial charge in [-0.2, -0.15) is 0 Å². The van der Waals surface area contributed by atoms with Crippen molar-refractivity contribution in [3.63, 3.8) is 0 Å². The molecule has 132 valence electrons. The zero-order valence-electron chi connectivity index (χ0n) is 12.3. The Balaban J connectivity index is 2.54. The van der Waals surface area contributed by atoms with Gasteiger partial charge in [-0.3, -0.25) is 4.79 Å². The summed E-state index contributed by atoms with van der Waals surface area (Å²) in [6, 6.07) is -2.34. The SMILES string of the molecule is O=C(O)CC[C@H](NC(=S)N[C@@H](CCc1nnn[nH]1)C(=O)O)C(=O)O. The number of carbonyl (C=O) groups is 3. The lowest BCUT2D eigenvalue weighted by molar-refractivity contribution is -0.140. The first kappa shape index (κ1) is 19.2. The zero-order valence-corrected chi connectivity index (χ0v) is 13.1. The van der Waals surface area contributed by atoms with Gasteiger partial charge >= 0.3 is 17.9 Å². The largest absolute Gasteiger partial charge is 0.481 e. The van der Waals surface area contributed by atoms with Gasteiger partial charge in [0.05, 0.1) is 0 Å². The molecule has 0 aromatic carbocycles. The van der Waals surface area contributed by atoms with Crippen LogP contribution in [0.5, 0.6) is 0 Å². The predicted molar refractivity (Wildman–Crippen MR) is 81.1 cm³/mol. The molecule has 1 rings (SSSR count). The lowest BCUT2D eigenvalue weighted by atomic mass is 10.1. The van der Waals surface area contributed by atoms with Crippen LogP contribution in [-0.4, -0.2) is 71.0 Å². The van der Waals surface area contributed by atoms with Crippen LogP contribution >= 0.6 is 12.2 Å². The summed E-state index contributed by atoms with van der Waals surface area (Å²) in [4.78, 5) is 32.8. The number of aromatic nitrogens is 4. The van der Waals surface area contributed by atoms with Gasteiger partial charge in [0.2, 0.25) is 0 Å². The standard InChI is InChI=1S/C11H16N6O6S/c18-8(19)4-2-6(10(22)23)13-11(24)12-5(9(20)21)1-3-7-14-16-17-15-7/h5-6H,1-4H2,(H,18,19)(H,20,21)(H,22,23)(H2,12,13,24)(H,14,15,16,17)/t5-,6-/m0/s1. The molecule has 0 fully saturated rings. The average Bonchev–Trinajstić information content (AvgIpc) is 3.00. The Labute approximate surface area is 140 Å². The molecular formula is C11H16N6O6S. The van der Waals surface area contributed by atoms with E-state index in [2.05, 4.69) is 31.3 Å². The van der Waals surface area contributed by atoms with E-state index in [0.29, 0.717) is 5.82 Å². The van der Waals surface area contributed by atoms with Crippen molar-refractivity contribution < 1.29 is 29.7 Å². The van der Waals surface area contributed by atoms with Gasteiger partial charge in [0.25, 0.3) is 0 Å². The average molecular weight is 360 g/mol. The summed E-state index contributed by atoms with van der Waals surface area (Å²) in [7, 11) is 0. The van der Waals surface area contributed by atoms with Crippen LogP contribution in [0.4, 0.5) is 0 Å². The Hall–Kier alpha value is -2.83. The number of rotatable bonds is 10. The topological polar surface area (TPSA) is 190 Å². The summed E-state index contributed by atoms with van der Waals surface area (Å²) in [5.74, 6) is -3.23. The number of nitrogens with zero attached hydrogens (tertiary/aromatic N) is 3. The molecule has 2 atom stereocenters. The van der Waals surface area contributed by atoms with Gasteiger partial charge < -0.3 is 26.0 Å². The maximum absolute atomic E-state index is 11.2. The van der Waals surface area contributed by atoms with Crippen molar-refractivity contribution in [1.82, 2.24) is 31.3 Å². The van der Waals surface area contributed by atoms with Crippen molar-refractivity contribution in [2.45, 2.75) is 37.8 Å². The van der Waals surface area contributed by atoms with E-state index in [-0.39, 0.29) is 30.8 Å². The Morgan fingerprint density at radius 3 is 2.12 bits per heavy atom. The molecule has 0 aliphatic heterocycles. The van der Waals surface area contributed by atoms with Gasteiger partial charge in [0, 0.05) is 12.8 Å². The van der Waals surface area contributed by atoms with Crippen molar-refractivity contribution >= 4 is 35.2 Å². The molecule has 0 spiro atoms. The highest BCUT2D eigenvalue weighted by Gasteiger charge is 2.23. The third kappa shape index (κ3) is 6.95. The van der Waals surface area contributed by atoms with Crippen molar-refractivity contribution in [1.29, 1.82) is 0 Å². The van der Waals surface area contributed by atoms with Crippen molar-refractivity contribution in [3.8, 4) is 0 Å². The molecule has 0 unspecified atom stereocenters. The van der Waals surface area contributed by atoms with E-state index in [1.165, 1.54) is 0 Å². The molecule has 0 radical (unpaired) electrons. The molecule has 0 aliphatic rings. The van der Waals surface area contributed by atoms with Crippen molar-refractivity contribution in [2.75, 3.05) is 0 Å². The van der Waals surface area contributed by atoms with E-state index >= 15 is 0 Å². The summed E-state index contributed by atoms with van der Waals surface area (Å²) >= 11 is 4.89. The third-order valence-electron chi connectivity index (χ3n) is 2.91. The Morgan fingerprint density at radius 1 is 1.08 bits per heavy atom. The minimum atomic E-state index is -1.29. The van der Waals surface area contributed by atoms with Crippen LogP contribution in [0.2, 0.25) is 0 Å². The molecule has 13 heteroatoms. The second-order valence-electron chi connectivity index (χ2n) is 4.72. The van der Waals surface area contributed by atoms with Crippen molar-refractivity contribution in [3.05, 3.63) is 5.82 Å². The Bertz CT molecular complexity index is 594. The van der Waals surface area contributed by atoms with E-state index in [4.69, 9.17) is 27.5 Å². The Morgan fingerprint density at radius 2 is 1.67 bits per heavy atom. The van der Waals surface area contributed by atoms with Gasteiger partial charge in [-0.1, -0.05) is 0 Å². The third-order valence-corrected chi connectivity index (χ3v) is 3.15. The lowest BCUT2D eigenvalue weighted by Crippen LogP contribution is -2.51. The minimum Gasteiger partial charge on any atom is -0.481 e. The number of carboxylic acid groups (broad SMARTS) is 3. The van der Waals surface area contributed by atoms with Gasteiger partial charge in [0.15, 0.2) is 5.11 Å². The van der Waals surface area contributed by atoms with Gasteiger partial charge in [-0.15, -0.1) is 5.10 Å². The normalized spacial score (nSPS) is 12.8. The number of carboxylic acids is 3. The number of thiocarbonyl (C=S) groups is 1. The molecule has 0 saturated carbocycles. The first-order valence-corrected chi connectivity index (χ1v) is 7.17. The summed E-state index contributed by atoms with van der Waals surface area (Å²) in [5.41, 5.74) is 0. The van der Waals surface area contributed by atoms with E-state index in [0.717, 1.165) is 0 Å². The fraction of sp³-hybridized carbons (Fsp3) is 0.545. The zero-order chi connectivity index (χ0) is 18.1. The van der Waals surface area contributed by atoms with E-state index in [9.17, 15) is 14.4 Å². The van der Waals surface area contributed by atoms with E-state index < -0.39 is 30.0 Å². The van der Waals surface area contributed by atoms with Crippen molar-refractivity contribution in [2.24, 2.45) is 0 Å². The molecular weight excluding hydrogens is 344 g/mol. The highest BCUT2D eigenvalue weighted by molar-refractivity contribution is 7.80. The number of H-pyrrole nitrogens is 1. The molecule has 24 heavy (non-hydrogen) atoms. The summed E-state index contributed by atoms with van der Waals surface area (Å²) in [5, 5.41) is 44.3. The second-order valence-corrected chi connectivity index (χ2v) is 5.13. The molecule has 1 aromatic rings. The maximum Gasteiger partial charge on any atom is 0.326 e. The fourth-order valence-electron chi connectivity index (χ4n) is 1.71. The molecule has 0 amide bonds. The molecule has 1 aromatic heterocycles. The summed E-state index contributed by atoms with van der Waals surface area (Å²) < 4.78 is 0. The van der Waals surface area contributed by atoms with Crippen LogP contribution in [0.15, 0.2) is 0 Å². The Kier molecular flexibility index (Phi) is 7.48. The number of aliphatic carboxylic acids is 3.